The van der Waals surface area contributed by atoms with Crippen molar-refractivity contribution in [1.29, 1.82) is 0 Å². The van der Waals surface area contributed by atoms with Gasteiger partial charge in [0.2, 0.25) is 5.91 Å². The highest BCUT2D eigenvalue weighted by Gasteiger charge is 2.27. The molecule has 1 amide bonds. The average molecular weight is 339 g/mol. The summed E-state index contributed by atoms with van der Waals surface area (Å²) in [5.74, 6) is 1.77. The van der Waals surface area contributed by atoms with Gasteiger partial charge in [-0.2, -0.15) is 0 Å². The van der Waals surface area contributed by atoms with Gasteiger partial charge in [0.05, 0.1) is 6.04 Å². The standard InChI is InChI=1S/C19H25N5O/c1-14(20-11-15-8-9-18-22-21-13-23(18)12-15)19(25)24-10-4-6-16-5-2-3-7-17(16)24/h2-3,5,7,13-15,20H,4,6,8-12H2,1H3. The number of amides is 1. The summed E-state index contributed by atoms with van der Waals surface area (Å²) in [6, 6.07) is 8.09. The number of hydrogen-bond donors (Lipinski definition) is 1. The van der Waals surface area contributed by atoms with E-state index in [0.29, 0.717) is 5.92 Å². The second-order valence-corrected chi connectivity index (χ2v) is 7.16. The van der Waals surface area contributed by atoms with Crippen LogP contribution in [0.2, 0.25) is 0 Å². The fraction of sp³-hybridized carbons (Fsp3) is 0.526. The van der Waals surface area contributed by atoms with Gasteiger partial charge >= 0.3 is 0 Å². The van der Waals surface area contributed by atoms with E-state index in [4.69, 9.17) is 0 Å². The highest BCUT2D eigenvalue weighted by molar-refractivity contribution is 5.97. The Hall–Kier alpha value is -2.21. The molecule has 1 aromatic heterocycles. The molecule has 2 aromatic rings. The number of aryl methyl sites for hydroxylation is 2. The third-order valence-electron chi connectivity index (χ3n) is 5.39. The van der Waals surface area contributed by atoms with Crippen molar-refractivity contribution < 1.29 is 4.79 Å². The molecular formula is C19H25N5O. The number of para-hydroxylation sites is 1. The van der Waals surface area contributed by atoms with Crippen LogP contribution in [0.4, 0.5) is 5.69 Å². The molecule has 6 heteroatoms. The fourth-order valence-electron chi connectivity index (χ4n) is 3.92. The first kappa shape index (κ1) is 16.3. The third-order valence-corrected chi connectivity index (χ3v) is 5.39. The van der Waals surface area contributed by atoms with E-state index in [1.807, 2.05) is 17.9 Å². The molecule has 2 aliphatic heterocycles. The van der Waals surface area contributed by atoms with Crippen LogP contribution in [-0.2, 0) is 24.2 Å². The number of aromatic nitrogens is 3. The quantitative estimate of drug-likeness (QED) is 0.923. The van der Waals surface area contributed by atoms with E-state index in [1.165, 1.54) is 5.56 Å². The zero-order chi connectivity index (χ0) is 17.2. The lowest BCUT2D eigenvalue weighted by Crippen LogP contribution is -2.48. The van der Waals surface area contributed by atoms with Crippen LogP contribution in [0, 0.1) is 5.92 Å². The molecule has 132 valence electrons. The number of nitrogens with one attached hydrogen (secondary N) is 1. The Labute approximate surface area is 148 Å². The summed E-state index contributed by atoms with van der Waals surface area (Å²) in [5, 5.41) is 11.6. The minimum atomic E-state index is -0.173. The predicted molar refractivity (Wildman–Crippen MR) is 96.4 cm³/mol. The summed E-state index contributed by atoms with van der Waals surface area (Å²) < 4.78 is 2.13. The fourth-order valence-corrected chi connectivity index (χ4v) is 3.92. The minimum Gasteiger partial charge on any atom is -0.317 e. The first-order valence-electron chi connectivity index (χ1n) is 9.21. The Morgan fingerprint density at radius 1 is 1.36 bits per heavy atom. The second-order valence-electron chi connectivity index (χ2n) is 7.16. The maximum absolute atomic E-state index is 12.9. The molecule has 0 spiro atoms. The molecule has 0 radical (unpaired) electrons. The summed E-state index contributed by atoms with van der Waals surface area (Å²) in [4.78, 5) is 14.9. The summed E-state index contributed by atoms with van der Waals surface area (Å²) >= 11 is 0. The number of hydrogen-bond acceptors (Lipinski definition) is 4. The molecule has 0 fully saturated rings. The van der Waals surface area contributed by atoms with Crippen LogP contribution in [0.3, 0.4) is 0 Å². The molecule has 4 rings (SSSR count). The molecule has 2 unspecified atom stereocenters. The van der Waals surface area contributed by atoms with E-state index in [0.717, 1.165) is 56.8 Å². The van der Waals surface area contributed by atoms with E-state index in [2.05, 4.69) is 38.3 Å². The summed E-state index contributed by atoms with van der Waals surface area (Å²) in [5.41, 5.74) is 2.36. The van der Waals surface area contributed by atoms with Gasteiger partial charge in [0.1, 0.15) is 12.2 Å². The molecule has 0 saturated carbocycles. The van der Waals surface area contributed by atoms with Gasteiger partial charge in [-0.15, -0.1) is 10.2 Å². The van der Waals surface area contributed by atoms with E-state index < -0.39 is 0 Å². The number of carbonyl (C=O) groups is 1. The molecule has 0 bridgehead atoms. The van der Waals surface area contributed by atoms with E-state index in [1.54, 1.807) is 6.33 Å². The van der Waals surface area contributed by atoms with Crippen LogP contribution >= 0.6 is 0 Å². The lowest BCUT2D eigenvalue weighted by atomic mass is 9.98. The van der Waals surface area contributed by atoms with Gasteiger partial charge < -0.3 is 14.8 Å². The van der Waals surface area contributed by atoms with E-state index in [9.17, 15) is 4.79 Å². The van der Waals surface area contributed by atoms with Gasteiger partial charge in [-0.3, -0.25) is 4.79 Å². The number of carbonyl (C=O) groups excluding carboxylic acids is 1. The molecule has 1 N–H and O–H groups in total. The first-order valence-corrected chi connectivity index (χ1v) is 9.21. The second kappa shape index (κ2) is 6.96. The van der Waals surface area contributed by atoms with Crippen molar-refractivity contribution in [3.63, 3.8) is 0 Å². The van der Waals surface area contributed by atoms with Gasteiger partial charge in [-0.05, 0) is 43.7 Å². The SMILES string of the molecule is CC(NCC1CCc2nncn2C1)C(=O)N1CCCc2ccccc21. The van der Waals surface area contributed by atoms with Crippen molar-refractivity contribution in [3.05, 3.63) is 42.0 Å². The Balaban J connectivity index is 1.36. The Kier molecular flexibility index (Phi) is 4.53. The maximum Gasteiger partial charge on any atom is 0.243 e. The Bertz CT molecular complexity index is 756. The molecular weight excluding hydrogens is 314 g/mol. The van der Waals surface area contributed by atoms with Crippen LogP contribution in [0.15, 0.2) is 30.6 Å². The van der Waals surface area contributed by atoms with Crippen molar-refractivity contribution in [2.24, 2.45) is 5.92 Å². The normalized spacial score (nSPS) is 20.7. The zero-order valence-electron chi connectivity index (χ0n) is 14.7. The summed E-state index contributed by atoms with van der Waals surface area (Å²) in [6.07, 6.45) is 5.97. The van der Waals surface area contributed by atoms with Crippen molar-refractivity contribution in [2.45, 2.75) is 45.2 Å². The predicted octanol–water partition coefficient (Wildman–Crippen LogP) is 1.80. The van der Waals surface area contributed by atoms with Crippen molar-refractivity contribution in [2.75, 3.05) is 18.0 Å². The third kappa shape index (κ3) is 3.31. The molecule has 2 atom stereocenters. The zero-order valence-corrected chi connectivity index (χ0v) is 14.7. The van der Waals surface area contributed by atoms with Gasteiger partial charge in [0.25, 0.3) is 0 Å². The van der Waals surface area contributed by atoms with Crippen molar-refractivity contribution in [1.82, 2.24) is 20.1 Å². The maximum atomic E-state index is 12.9. The highest BCUT2D eigenvalue weighted by Crippen LogP contribution is 2.27. The van der Waals surface area contributed by atoms with Crippen LogP contribution < -0.4 is 10.2 Å². The van der Waals surface area contributed by atoms with Crippen molar-refractivity contribution in [3.8, 4) is 0 Å². The van der Waals surface area contributed by atoms with Gasteiger partial charge in [0.15, 0.2) is 0 Å². The van der Waals surface area contributed by atoms with Crippen LogP contribution in [-0.4, -0.2) is 39.8 Å². The Morgan fingerprint density at radius 3 is 3.16 bits per heavy atom. The monoisotopic (exact) mass is 339 g/mol. The summed E-state index contributed by atoms with van der Waals surface area (Å²) in [7, 11) is 0. The number of anilines is 1. The number of nitrogens with zero attached hydrogens (tertiary/aromatic N) is 4. The number of benzene rings is 1. The molecule has 1 aromatic carbocycles. The Morgan fingerprint density at radius 2 is 2.24 bits per heavy atom. The van der Waals surface area contributed by atoms with Crippen LogP contribution in [0.1, 0.15) is 31.2 Å². The van der Waals surface area contributed by atoms with Gasteiger partial charge in [-0.25, -0.2) is 0 Å². The van der Waals surface area contributed by atoms with Gasteiger partial charge in [-0.1, -0.05) is 18.2 Å². The largest absolute Gasteiger partial charge is 0.317 e. The molecule has 6 nitrogen and oxygen atoms in total. The molecule has 0 saturated heterocycles. The van der Waals surface area contributed by atoms with Gasteiger partial charge in [0, 0.05) is 31.7 Å². The lowest BCUT2D eigenvalue weighted by molar-refractivity contribution is -0.120. The first-order chi connectivity index (χ1) is 12.2. The molecule has 2 aliphatic rings. The number of fused-ring (bicyclic) bond motifs is 2. The van der Waals surface area contributed by atoms with Crippen LogP contribution in [0.25, 0.3) is 0 Å². The number of rotatable bonds is 4. The topological polar surface area (TPSA) is 63.1 Å². The highest BCUT2D eigenvalue weighted by atomic mass is 16.2. The lowest BCUT2D eigenvalue weighted by Gasteiger charge is -2.32. The average Bonchev–Trinajstić information content (AvgIpc) is 3.13. The smallest absolute Gasteiger partial charge is 0.243 e. The van der Waals surface area contributed by atoms with Crippen molar-refractivity contribution >= 4 is 11.6 Å². The van der Waals surface area contributed by atoms with Crippen LogP contribution in [0.5, 0.6) is 0 Å². The molecule has 0 aliphatic carbocycles. The van der Waals surface area contributed by atoms with E-state index in [-0.39, 0.29) is 11.9 Å². The molecule has 25 heavy (non-hydrogen) atoms. The minimum absolute atomic E-state index is 0.173. The van der Waals surface area contributed by atoms with E-state index >= 15 is 0 Å². The molecule has 3 heterocycles. The summed E-state index contributed by atoms with van der Waals surface area (Å²) in [6.45, 7) is 4.57.